The Morgan fingerprint density at radius 1 is 1.00 bits per heavy atom. The van der Waals surface area contributed by atoms with Crippen LogP contribution in [-0.2, 0) is 14.3 Å². The van der Waals surface area contributed by atoms with Crippen molar-refractivity contribution in [3.05, 3.63) is 65.5 Å². The van der Waals surface area contributed by atoms with E-state index >= 15 is 0 Å². The van der Waals surface area contributed by atoms with Crippen LogP contribution in [0.3, 0.4) is 0 Å². The van der Waals surface area contributed by atoms with E-state index in [1.54, 1.807) is 18.2 Å². The maximum Gasteiger partial charge on any atom is 0.331 e. The van der Waals surface area contributed by atoms with Crippen LogP contribution in [0.25, 0.3) is 6.08 Å². The Bertz CT molecular complexity index is 977. The lowest BCUT2D eigenvalue weighted by Gasteiger charge is -2.12. The maximum atomic E-state index is 13.5. The number of carbonyl (C=O) groups excluding carboxylic acids is 3. The van der Waals surface area contributed by atoms with E-state index in [0.717, 1.165) is 18.6 Å². The smallest absolute Gasteiger partial charge is 0.331 e. The van der Waals surface area contributed by atoms with Crippen molar-refractivity contribution in [2.45, 2.75) is 20.3 Å². The highest BCUT2D eigenvalue weighted by Gasteiger charge is 2.12. The average molecular weight is 444 g/mol. The molecule has 0 bridgehead atoms. The normalized spacial score (nSPS) is 10.5. The Hall–Kier alpha value is -3.88. The lowest BCUT2D eigenvalue weighted by molar-refractivity contribution is -0.144. The number of benzene rings is 2. The Morgan fingerprint density at radius 3 is 2.50 bits per heavy atom. The van der Waals surface area contributed by atoms with E-state index in [1.807, 2.05) is 24.7 Å². The molecule has 170 valence electrons. The Balaban J connectivity index is 1.83. The van der Waals surface area contributed by atoms with Gasteiger partial charge in [-0.1, -0.05) is 25.1 Å². The molecule has 0 unspecified atom stereocenters. The van der Waals surface area contributed by atoms with Crippen molar-refractivity contribution in [2.24, 2.45) is 0 Å². The first kappa shape index (κ1) is 24.4. The minimum atomic E-state index is -0.834. The van der Waals surface area contributed by atoms with E-state index in [0.29, 0.717) is 30.3 Å². The fraction of sp³-hybridized carbons (Fsp3) is 0.261. The summed E-state index contributed by atoms with van der Waals surface area (Å²) in [7, 11) is 0. The molecule has 0 atom stereocenters. The topological polar surface area (TPSA) is 103 Å². The highest BCUT2D eigenvalue weighted by Crippen LogP contribution is 2.29. The number of hydrogen-bond acceptors (Lipinski definition) is 6. The summed E-state index contributed by atoms with van der Waals surface area (Å²) in [6.45, 7) is 4.24. The number of nitrogens with one attached hydrogen (secondary N) is 2. The van der Waals surface area contributed by atoms with Crippen LogP contribution in [0.1, 0.15) is 36.2 Å². The number of carbonyl (C=O) groups is 3. The van der Waals surface area contributed by atoms with Gasteiger partial charge in [0, 0.05) is 6.08 Å². The van der Waals surface area contributed by atoms with Gasteiger partial charge in [-0.2, -0.15) is 0 Å². The Kier molecular flexibility index (Phi) is 9.70. The summed E-state index contributed by atoms with van der Waals surface area (Å²) in [4.78, 5) is 35.4. The molecule has 2 aromatic rings. The van der Waals surface area contributed by atoms with Crippen molar-refractivity contribution in [3.8, 4) is 11.5 Å². The van der Waals surface area contributed by atoms with Crippen molar-refractivity contribution in [2.75, 3.05) is 19.8 Å². The number of rotatable bonds is 10. The van der Waals surface area contributed by atoms with Crippen LogP contribution in [0.4, 0.5) is 4.39 Å². The van der Waals surface area contributed by atoms with Gasteiger partial charge in [0.25, 0.3) is 11.8 Å². The molecule has 0 spiro atoms. The van der Waals surface area contributed by atoms with Crippen molar-refractivity contribution in [1.82, 2.24) is 10.9 Å². The molecule has 9 heteroatoms. The monoisotopic (exact) mass is 444 g/mol. The number of hydrogen-bond donors (Lipinski definition) is 2. The van der Waals surface area contributed by atoms with Crippen molar-refractivity contribution in [3.63, 3.8) is 0 Å². The van der Waals surface area contributed by atoms with Gasteiger partial charge in [0.15, 0.2) is 18.1 Å². The molecule has 0 fully saturated rings. The third kappa shape index (κ3) is 7.75. The van der Waals surface area contributed by atoms with Crippen molar-refractivity contribution in [1.29, 1.82) is 0 Å². The molecule has 2 rings (SSSR count). The third-order valence-corrected chi connectivity index (χ3v) is 3.92. The summed E-state index contributed by atoms with van der Waals surface area (Å²) in [6, 6.07) is 10.5. The van der Waals surface area contributed by atoms with Gasteiger partial charge in [-0.05, 0) is 49.2 Å². The minimum absolute atomic E-state index is 0.231. The summed E-state index contributed by atoms with van der Waals surface area (Å²) in [5, 5.41) is 0. The summed E-state index contributed by atoms with van der Waals surface area (Å²) in [5.41, 5.74) is 4.54. The van der Waals surface area contributed by atoms with E-state index in [1.165, 1.54) is 24.3 Å². The van der Waals surface area contributed by atoms with E-state index in [4.69, 9.17) is 14.2 Å². The lowest BCUT2D eigenvalue weighted by atomic mass is 10.2. The molecular weight excluding hydrogens is 419 g/mol. The molecule has 0 saturated heterocycles. The van der Waals surface area contributed by atoms with Crippen LogP contribution < -0.4 is 20.3 Å². The van der Waals surface area contributed by atoms with Crippen LogP contribution in [-0.4, -0.2) is 37.6 Å². The fourth-order valence-electron chi connectivity index (χ4n) is 2.45. The van der Waals surface area contributed by atoms with Gasteiger partial charge in [-0.25, -0.2) is 9.18 Å². The first-order chi connectivity index (χ1) is 15.4. The highest BCUT2D eigenvalue weighted by molar-refractivity contribution is 5.96. The van der Waals surface area contributed by atoms with Gasteiger partial charge in [-0.3, -0.25) is 20.4 Å². The van der Waals surface area contributed by atoms with Crippen LogP contribution in [0.2, 0.25) is 0 Å². The second-order valence-corrected chi connectivity index (χ2v) is 6.41. The van der Waals surface area contributed by atoms with Crippen LogP contribution in [0.15, 0.2) is 48.5 Å². The van der Waals surface area contributed by atoms with E-state index in [2.05, 4.69) is 0 Å². The zero-order valence-electron chi connectivity index (χ0n) is 17.9. The van der Waals surface area contributed by atoms with Gasteiger partial charge < -0.3 is 14.2 Å². The molecule has 0 heterocycles. The zero-order chi connectivity index (χ0) is 23.3. The third-order valence-electron chi connectivity index (χ3n) is 3.92. The van der Waals surface area contributed by atoms with Crippen LogP contribution in [0.5, 0.6) is 11.5 Å². The molecule has 0 aromatic heterocycles. The Morgan fingerprint density at radius 2 is 1.78 bits per heavy atom. The van der Waals surface area contributed by atoms with Gasteiger partial charge in [0.1, 0.15) is 5.82 Å². The molecule has 2 aromatic carbocycles. The molecule has 2 N–H and O–H groups in total. The summed E-state index contributed by atoms with van der Waals surface area (Å²) < 4.78 is 29.5. The van der Waals surface area contributed by atoms with Crippen molar-refractivity contribution >= 4 is 23.9 Å². The predicted octanol–water partition coefficient (Wildman–Crippen LogP) is 3.03. The number of hydrazine groups is 1. The molecule has 0 aliphatic heterocycles. The number of esters is 1. The summed E-state index contributed by atoms with van der Waals surface area (Å²) in [5.74, 6) is -1.94. The predicted molar refractivity (Wildman–Crippen MR) is 115 cm³/mol. The lowest BCUT2D eigenvalue weighted by Crippen LogP contribution is -2.43. The van der Waals surface area contributed by atoms with Crippen LogP contribution >= 0.6 is 0 Å². The summed E-state index contributed by atoms with van der Waals surface area (Å²) >= 11 is 0. The molecule has 8 nitrogen and oxygen atoms in total. The standard InChI is InChI=1S/C23H25FN2O6/c1-3-13-31-19-11-9-16(14-20(19)30-4-2)10-12-22(28)32-15-21(27)25-26-23(29)17-7-5-6-8-18(17)24/h5-12,14H,3-4,13,15H2,1-2H3,(H,25,27)(H,26,29)/b12-10+. The molecular formula is C23H25FN2O6. The number of halogens is 1. The molecule has 2 amide bonds. The molecule has 0 aliphatic rings. The first-order valence-corrected chi connectivity index (χ1v) is 10.0. The minimum Gasteiger partial charge on any atom is -0.490 e. The number of ether oxygens (including phenoxy) is 3. The Labute approximate surface area is 185 Å². The van der Waals surface area contributed by atoms with Crippen LogP contribution in [0, 0.1) is 5.82 Å². The van der Waals surface area contributed by atoms with E-state index < -0.39 is 30.2 Å². The second-order valence-electron chi connectivity index (χ2n) is 6.41. The molecule has 0 aliphatic carbocycles. The van der Waals surface area contributed by atoms with Gasteiger partial charge in [0.2, 0.25) is 0 Å². The molecule has 0 radical (unpaired) electrons. The quantitative estimate of drug-likeness (QED) is 0.332. The van der Waals surface area contributed by atoms with Gasteiger partial charge in [-0.15, -0.1) is 0 Å². The van der Waals surface area contributed by atoms with E-state index in [-0.39, 0.29) is 5.56 Å². The SMILES string of the molecule is CCCOc1ccc(/C=C/C(=O)OCC(=O)NNC(=O)c2ccccc2F)cc1OCC. The highest BCUT2D eigenvalue weighted by atomic mass is 19.1. The molecule has 32 heavy (non-hydrogen) atoms. The fourth-order valence-corrected chi connectivity index (χ4v) is 2.45. The number of amides is 2. The second kappa shape index (κ2) is 12.7. The molecule has 0 saturated carbocycles. The maximum absolute atomic E-state index is 13.5. The van der Waals surface area contributed by atoms with Gasteiger partial charge in [0.05, 0.1) is 18.8 Å². The summed E-state index contributed by atoms with van der Waals surface area (Å²) in [6.07, 6.45) is 3.52. The zero-order valence-corrected chi connectivity index (χ0v) is 17.9. The van der Waals surface area contributed by atoms with Gasteiger partial charge >= 0.3 is 5.97 Å². The largest absolute Gasteiger partial charge is 0.490 e. The van der Waals surface area contributed by atoms with E-state index in [9.17, 15) is 18.8 Å². The average Bonchev–Trinajstić information content (AvgIpc) is 2.79. The first-order valence-electron chi connectivity index (χ1n) is 10.0. The van der Waals surface area contributed by atoms with Crippen molar-refractivity contribution < 1.29 is 33.0 Å².